The molecule has 1 aromatic carbocycles. The van der Waals surface area contributed by atoms with Crippen LogP contribution in [0.1, 0.15) is 15.9 Å². The van der Waals surface area contributed by atoms with Gasteiger partial charge in [0.1, 0.15) is 16.8 Å². The van der Waals surface area contributed by atoms with Gasteiger partial charge in [0.05, 0.1) is 10.6 Å². The fourth-order valence-electron chi connectivity index (χ4n) is 1.55. The number of hydrogen-bond donors (Lipinski definition) is 2. The second kappa shape index (κ2) is 6.07. The van der Waals surface area contributed by atoms with Crippen LogP contribution in [0.3, 0.4) is 0 Å². The third-order valence-electron chi connectivity index (χ3n) is 2.50. The number of rotatable bonds is 4. The third-order valence-corrected chi connectivity index (χ3v) is 2.98. The first kappa shape index (κ1) is 14.6. The molecule has 7 heteroatoms. The second-order valence-corrected chi connectivity index (χ2v) is 4.77. The summed E-state index contributed by atoms with van der Waals surface area (Å²) in [6, 6.07) is 6.92. The Kier molecular flexibility index (Phi) is 4.42. The molecule has 0 unspecified atom stereocenters. The van der Waals surface area contributed by atoms with Crippen molar-refractivity contribution in [1.29, 1.82) is 0 Å². The molecule has 104 valence electrons. The summed E-state index contributed by atoms with van der Waals surface area (Å²) in [5.74, 6) is -1.28. The lowest BCUT2D eigenvalue weighted by molar-refractivity contribution is 0.0697. The van der Waals surface area contributed by atoms with Crippen LogP contribution in [-0.4, -0.2) is 16.1 Å². The predicted molar refractivity (Wildman–Crippen MR) is 74.9 cm³/mol. The normalized spacial score (nSPS) is 10.3. The van der Waals surface area contributed by atoms with E-state index < -0.39 is 11.8 Å². The molecule has 0 aliphatic rings. The van der Waals surface area contributed by atoms with Crippen LogP contribution in [0.5, 0.6) is 0 Å². The highest BCUT2D eigenvalue weighted by atomic mass is 35.5. The molecule has 0 aliphatic heterocycles. The van der Waals surface area contributed by atoms with E-state index in [0.29, 0.717) is 12.4 Å². The Morgan fingerprint density at radius 3 is 2.70 bits per heavy atom. The van der Waals surface area contributed by atoms with Crippen molar-refractivity contribution in [3.63, 3.8) is 0 Å². The summed E-state index contributed by atoms with van der Waals surface area (Å²) in [4.78, 5) is 14.8. The molecule has 0 saturated carbocycles. The Morgan fingerprint density at radius 1 is 1.30 bits per heavy atom. The van der Waals surface area contributed by atoms with Crippen molar-refractivity contribution in [3.8, 4) is 0 Å². The van der Waals surface area contributed by atoms with Crippen LogP contribution in [-0.2, 0) is 6.54 Å². The predicted octanol–water partition coefficient (Wildman–Crippen LogP) is 3.84. The number of aromatic carboxylic acids is 1. The Hall–Kier alpha value is -1.85. The number of aromatic nitrogens is 1. The average Bonchev–Trinajstić information content (AvgIpc) is 2.39. The van der Waals surface area contributed by atoms with Gasteiger partial charge in [0, 0.05) is 6.54 Å². The maximum atomic E-state index is 13.0. The van der Waals surface area contributed by atoms with E-state index in [9.17, 15) is 9.18 Å². The molecular weight excluding hydrogens is 306 g/mol. The maximum absolute atomic E-state index is 13.0. The van der Waals surface area contributed by atoms with Gasteiger partial charge in [-0.1, -0.05) is 29.3 Å². The van der Waals surface area contributed by atoms with Crippen molar-refractivity contribution in [2.24, 2.45) is 0 Å². The molecule has 0 amide bonds. The molecule has 0 atom stereocenters. The van der Waals surface area contributed by atoms with Crippen molar-refractivity contribution in [2.75, 3.05) is 5.32 Å². The number of carboxylic acid groups (broad SMARTS) is 1. The van der Waals surface area contributed by atoms with Crippen LogP contribution >= 0.6 is 23.2 Å². The number of hydrogen-bond acceptors (Lipinski definition) is 3. The lowest BCUT2D eigenvalue weighted by Gasteiger charge is -2.07. The lowest BCUT2D eigenvalue weighted by atomic mass is 10.2. The number of nitrogens with zero attached hydrogens (tertiary/aromatic N) is 1. The Labute approximate surface area is 124 Å². The summed E-state index contributed by atoms with van der Waals surface area (Å²) in [6.07, 6.45) is 0. The standard InChI is InChI=1S/C13H9Cl2FN2O2/c14-9-3-7(1-2-10(9)16)6-17-12-5-8(13(19)20)4-11(15)18-12/h1-5H,6H2,(H,17,18)(H,19,20). The molecular formula is C13H9Cl2FN2O2. The zero-order chi connectivity index (χ0) is 14.7. The molecule has 1 aromatic heterocycles. The topological polar surface area (TPSA) is 62.2 Å². The Bertz CT molecular complexity index is 665. The smallest absolute Gasteiger partial charge is 0.335 e. The van der Waals surface area contributed by atoms with E-state index in [0.717, 1.165) is 5.56 Å². The number of halogens is 3. The van der Waals surface area contributed by atoms with E-state index in [1.807, 2.05) is 0 Å². The van der Waals surface area contributed by atoms with Gasteiger partial charge in [-0.3, -0.25) is 0 Å². The number of benzene rings is 1. The Morgan fingerprint density at radius 2 is 2.05 bits per heavy atom. The van der Waals surface area contributed by atoms with Crippen molar-refractivity contribution < 1.29 is 14.3 Å². The fraction of sp³-hybridized carbons (Fsp3) is 0.0769. The zero-order valence-electron chi connectivity index (χ0n) is 10.0. The van der Waals surface area contributed by atoms with E-state index in [2.05, 4.69) is 10.3 Å². The minimum Gasteiger partial charge on any atom is -0.478 e. The molecule has 2 rings (SSSR count). The van der Waals surface area contributed by atoms with Crippen LogP contribution in [0, 0.1) is 5.82 Å². The molecule has 20 heavy (non-hydrogen) atoms. The van der Waals surface area contributed by atoms with E-state index >= 15 is 0 Å². The monoisotopic (exact) mass is 314 g/mol. The quantitative estimate of drug-likeness (QED) is 0.842. The van der Waals surface area contributed by atoms with Gasteiger partial charge in [-0.05, 0) is 29.8 Å². The number of carbonyl (C=O) groups is 1. The molecule has 4 nitrogen and oxygen atoms in total. The highest BCUT2D eigenvalue weighted by molar-refractivity contribution is 6.30. The first-order chi connectivity index (χ1) is 9.45. The molecule has 1 heterocycles. The maximum Gasteiger partial charge on any atom is 0.335 e. The molecule has 0 bridgehead atoms. The largest absolute Gasteiger partial charge is 0.478 e. The van der Waals surface area contributed by atoms with Crippen molar-refractivity contribution >= 4 is 35.0 Å². The van der Waals surface area contributed by atoms with Gasteiger partial charge >= 0.3 is 5.97 Å². The number of pyridine rings is 1. The van der Waals surface area contributed by atoms with E-state index in [1.54, 1.807) is 6.07 Å². The highest BCUT2D eigenvalue weighted by Gasteiger charge is 2.08. The first-order valence-corrected chi connectivity index (χ1v) is 6.30. The van der Waals surface area contributed by atoms with E-state index in [-0.39, 0.29) is 15.7 Å². The van der Waals surface area contributed by atoms with Crippen LogP contribution in [0.15, 0.2) is 30.3 Å². The van der Waals surface area contributed by atoms with Gasteiger partial charge in [-0.25, -0.2) is 14.2 Å². The van der Waals surface area contributed by atoms with Crippen molar-refractivity contribution in [3.05, 3.63) is 57.5 Å². The summed E-state index contributed by atoms with van der Waals surface area (Å²) in [6.45, 7) is 0.312. The average molecular weight is 315 g/mol. The van der Waals surface area contributed by atoms with Crippen LogP contribution in [0.4, 0.5) is 10.2 Å². The van der Waals surface area contributed by atoms with Gasteiger partial charge < -0.3 is 10.4 Å². The van der Waals surface area contributed by atoms with E-state index in [4.69, 9.17) is 28.3 Å². The fourth-order valence-corrected chi connectivity index (χ4v) is 1.96. The zero-order valence-corrected chi connectivity index (χ0v) is 11.5. The van der Waals surface area contributed by atoms with Crippen molar-refractivity contribution in [1.82, 2.24) is 4.98 Å². The van der Waals surface area contributed by atoms with Gasteiger partial charge in [-0.2, -0.15) is 0 Å². The van der Waals surface area contributed by atoms with Crippen molar-refractivity contribution in [2.45, 2.75) is 6.54 Å². The molecule has 0 aliphatic carbocycles. The van der Waals surface area contributed by atoms with Crippen LogP contribution in [0.25, 0.3) is 0 Å². The summed E-state index contributed by atoms with van der Waals surface area (Å²) in [5, 5.41) is 11.9. The summed E-state index contributed by atoms with van der Waals surface area (Å²) < 4.78 is 13.0. The molecule has 0 spiro atoms. The van der Waals surface area contributed by atoms with E-state index in [1.165, 1.54) is 24.3 Å². The van der Waals surface area contributed by atoms with Crippen LogP contribution in [0.2, 0.25) is 10.2 Å². The number of anilines is 1. The summed E-state index contributed by atoms with van der Waals surface area (Å²) in [5.41, 5.74) is 0.764. The van der Waals surface area contributed by atoms with Gasteiger partial charge in [0.15, 0.2) is 0 Å². The van der Waals surface area contributed by atoms with Gasteiger partial charge in [0.2, 0.25) is 0 Å². The minimum absolute atomic E-state index is 0.0228. The highest BCUT2D eigenvalue weighted by Crippen LogP contribution is 2.18. The third kappa shape index (κ3) is 3.59. The Balaban J connectivity index is 2.14. The number of carboxylic acids is 1. The second-order valence-electron chi connectivity index (χ2n) is 3.97. The molecule has 0 radical (unpaired) electrons. The minimum atomic E-state index is -1.10. The van der Waals surface area contributed by atoms with Crippen LogP contribution < -0.4 is 5.32 Å². The lowest BCUT2D eigenvalue weighted by Crippen LogP contribution is -2.04. The van der Waals surface area contributed by atoms with Gasteiger partial charge in [0.25, 0.3) is 0 Å². The molecule has 2 N–H and O–H groups in total. The molecule has 0 fully saturated rings. The summed E-state index contributed by atoms with van der Waals surface area (Å²) in [7, 11) is 0. The number of nitrogens with one attached hydrogen (secondary N) is 1. The summed E-state index contributed by atoms with van der Waals surface area (Å²) >= 11 is 11.4. The first-order valence-electron chi connectivity index (χ1n) is 5.54. The SMILES string of the molecule is O=C(O)c1cc(Cl)nc(NCc2ccc(F)c(Cl)c2)c1. The molecule has 0 saturated heterocycles. The molecule has 2 aromatic rings. The van der Waals surface area contributed by atoms with Gasteiger partial charge in [-0.15, -0.1) is 0 Å².